The number of fused-ring (bicyclic) bond motifs is 1. The summed E-state index contributed by atoms with van der Waals surface area (Å²) in [5.41, 5.74) is 3.26. The number of anilines is 3. The van der Waals surface area contributed by atoms with E-state index in [-0.39, 0.29) is 17.3 Å². The molecular formula is C18H19Cl2N5O2. The normalized spacial score (nSPS) is 17.4. The molecule has 27 heavy (non-hydrogen) atoms. The van der Waals surface area contributed by atoms with E-state index in [1.807, 2.05) is 12.1 Å². The Bertz CT molecular complexity index is 900. The Balaban J connectivity index is 1.73. The summed E-state index contributed by atoms with van der Waals surface area (Å²) in [5.74, 6) is 0.303. The summed E-state index contributed by atoms with van der Waals surface area (Å²) in [6.45, 7) is 2.08. The van der Waals surface area contributed by atoms with Gasteiger partial charge in [-0.2, -0.15) is 4.98 Å². The molecule has 0 saturated carbocycles. The monoisotopic (exact) mass is 407 g/mol. The van der Waals surface area contributed by atoms with Crippen LogP contribution in [-0.4, -0.2) is 52.1 Å². The number of halogens is 2. The van der Waals surface area contributed by atoms with Crippen LogP contribution >= 0.6 is 23.2 Å². The number of piperidine rings is 1. The summed E-state index contributed by atoms with van der Waals surface area (Å²) >= 11 is 12.0. The number of carbonyl (C=O) groups excluding carboxylic acids is 1. The van der Waals surface area contributed by atoms with Crippen molar-refractivity contribution in [2.24, 2.45) is 0 Å². The Kier molecular flexibility index (Phi) is 4.84. The molecule has 2 aliphatic rings. The zero-order valence-corrected chi connectivity index (χ0v) is 16.3. The van der Waals surface area contributed by atoms with Gasteiger partial charge in [-0.3, -0.25) is 4.79 Å². The molecule has 1 aromatic heterocycles. The number of amides is 1. The van der Waals surface area contributed by atoms with Gasteiger partial charge >= 0.3 is 0 Å². The van der Waals surface area contributed by atoms with Crippen LogP contribution in [0.2, 0.25) is 10.3 Å². The largest absolute Gasteiger partial charge is 0.393 e. The van der Waals surface area contributed by atoms with Gasteiger partial charge in [0, 0.05) is 37.9 Å². The fourth-order valence-electron chi connectivity index (χ4n) is 3.61. The van der Waals surface area contributed by atoms with E-state index in [0.717, 1.165) is 37.2 Å². The van der Waals surface area contributed by atoms with E-state index in [2.05, 4.69) is 20.2 Å². The van der Waals surface area contributed by atoms with Gasteiger partial charge < -0.3 is 20.2 Å². The van der Waals surface area contributed by atoms with Crippen molar-refractivity contribution in [1.29, 1.82) is 0 Å². The summed E-state index contributed by atoms with van der Waals surface area (Å²) < 4.78 is 0. The summed E-state index contributed by atoms with van der Waals surface area (Å²) in [4.78, 5) is 24.7. The van der Waals surface area contributed by atoms with E-state index in [1.165, 1.54) is 6.20 Å². The Hall–Kier alpha value is -2.09. The Morgan fingerprint density at radius 3 is 2.74 bits per heavy atom. The fourth-order valence-corrected chi connectivity index (χ4v) is 3.88. The molecule has 0 atom stereocenters. The van der Waals surface area contributed by atoms with Gasteiger partial charge in [0.15, 0.2) is 5.82 Å². The van der Waals surface area contributed by atoms with Gasteiger partial charge in [0.05, 0.1) is 23.6 Å². The van der Waals surface area contributed by atoms with Crippen molar-refractivity contribution in [3.63, 3.8) is 0 Å². The molecule has 0 spiro atoms. The Morgan fingerprint density at radius 2 is 2.00 bits per heavy atom. The lowest BCUT2D eigenvalue weighted by atomic mass is 10.0. The number of aliphatic hydroxyl groups is 1. The van der Waals surface area contributed by atoms with E-state index in [1.54, 1.807) is 11.9 Å². The van der Waals surface area contributed by atoms with E-state index < -0.39 is 0 Å². The Morgan fingerprint density at radius 1 is 1.26 bits per heavy atom. The maximum absolute atomic E-state index is 12.8. The molecule has 142 valence electrons. The van der Waals surface area contributed by atoms with Gasteiger partial charge in [-0.05, 0) is 36.6 Å². The molecule has 1 amide bonds. The molecule has 0 unspecified atom stereocenters. The summed E-state index contributed by atoms with van der Waals surface area (Å²) in [7, 11) is 1.78. The van der Waals surface area contributed by atoms with Crippen molar-refractivity contribution >= 4 is 46.3 Å². The summed E-state index contributed by atoms with van der Waals surface area (Å²) in [5, 5.41) is 13.3. The van der Waals surface area contributed by atoms with Crippen LogP contribution in [0.3, 0.4) is 0 Å². The first-order chi connectivity index (χ1) is 12.9. The molecule has 2 aliphatic heterocycles. The minimum Gasteiger partial charge on any atom is -0.393 e. The highest BCUT2D eigenvalue weighted by atomic mass is 35.5. The molecule has 1 fully saturated rings. The molecule has 0 radical (unpaired) electrons. The number of aliphatic hydroxyl groups excluding tert-OH is 1. The number of nitrogens with one attached hydrogen (secondary N) is 1. The molecule has 4 rings (SSSR count). The average Bonchev–Trinajstić information content (AvgIpc) is 2.95. The van der Waals surface area contributed by atoms with Crippen LogP contribution in [0.4, 0.5) is 17.2 Å². The number of hydrogen-bond acceptors (Lipinski definition) is 6. The van der Waals surface area contributed by atoms with Crippen LogP contribution in [-0.2, 0) is 6.54 Å². The van der Waals surface area contributed by atoms with Crippen molar-refractivity contribution < 1.29 is 9.90 Å². The fraction of sp³-hybridized carbons (Fsp3) is 0.389. The van der Waals surface area contributed by atoms with E-state index in [4.69, 9.17) is 23.2 Å². The van der Waals surface area contributed by atoms with Crippen LogP contribution in [0, 0.1) is 0 Å². The molecule has 9 heteroatoms. The van der Waals surface area contributed by atoms with Crippen molar-refractivity contribution in [1.82, 2.24) is 14.9 Å². The predicted molar refractivity (Wildman–Crippen MR) is 105 cm³/mol. The van der Waals surface area contributed by atoms with Gasteiger partial charge in [-0.25, -0.2) is 4.98 Å². The lowest BCUT2D eigenvalue weighted by Gasteiger charge is -2.33. The third-order valence-electron chi connectivity index (χ3n) is 5.02. The quantitative estimate of drug-likeness (QED) is 0.760. The van der Waals surface area contributed by atoms with Crippen LogP contribution in [0.25, 0.3) is 0 Å². The van der Waals surface area contributed by atoms with E-state index in [0.29, 0.717) is 28.6 Å². The zero-order valence-electron chi connectivity index (χ0n) is 14.7. The summed E-state index contributed by atoms with van der Waals surface area (Å²) in [6.07, 6.45) is 2.63. The van der Waals surface area contributed by atoms with Crippen molar-refractivity contribution in [2.75, 3.05) is 30.4 Å². The van der Waals surface area contributed by atoms with Gasteiger partial charge in [0.1, 0.15) is 5.02 Å². The van der Waals surface area contributed by atoms with Gasteiger partial charge in [0.25, 0.3) is 5.91 Å². The van der Waals surface area contributed by atoms with E-state index in [9.17, 15) is 9.90 Å². The van der Waals surface area contributed by atoms with Crippen LogP contribution in [0.1, 0.15) is 28.8 Å². The molecule has 1 saturated heterocycles. The number of hydrogen-bond donors (Lipinski definition) is 2. The minimum absolute atomic E-state index is 0.0531. The van der Waals surface area contributed by atoms with Crippen LogP contribution < -0.4 is 10.2 Å². The van der Waals surface area contributed by atoms with Crippen molar-refractivity contribution in [2.45, 2.75) is 25.5 Å². The number of nitrogens with zero attached hydrogens (tertiary/aromatic N) is 4. The maximum Gasteiger partial charge on any atom is 0.256 e. The Labute approximate surface area is 166 Å². The number of benzene rings is 1. The van der Waals surface area contributed by atoms with Crippen molar-refractivity contribution in [3.05, 3.63) is 39.8 Å². The molecule has 1 aromatic carbocycles. The molecule has 2 N–H and O–H groups in total. The van der Waals surface area contributed by atoms with Gasteiger partial charge in [-0.1, -0.05) is 11.6 Å². The van der Waals surface area contributed by atoms with Gasteiger partial charge in [-0.15, -0.1) is 0 Å². The lowest BCUT2D eigenvalue weighted by Crippen LogP contribution is -2.36. The predicted octanol–water partition coefficient (Wildman–Crippen LogP) is 3.07. The highest BCUT2D eigenvalue weighted by Crippen LogP contribution is 2.38. The second kappa shape index (κ2) is 7.14. The first-order valence-corrected chi connectivity index (χ1v) is 9.49. The second-order valence-corrected chi connectivity index (χ2v) is 7.57. The maximum atomic E-state index is 12.8. The highest BCUT2D eigenvalue weighted by molar-refractivity contribution is 6.33. The molecule has 7 nitrogen and oxygen atoms in total. The first-order valence-electron chi connectivity index (χ1n) is 8.73. The third kappa shape index (κ3) is 3.42. The molecule has 0 bridgehead atoms. The molecule has 3 heterocycles. The molecule has 2 aromatic rings. The first kappa shape index (κ1) is 18.3. The van der Waals surface area contributed by atoms with Gasteiger partial charge in [0.2, 0.25) is 5.28 Å². The van der Waals surface area contributed by atoms with Crippen LogP contribution in [0.15, 0.2) is 18.3 Å². The minimum atomic E-state index is -0.246. The SMILES string of the molecule is CN1Cc2c(N3CCC(O)CC3)ccc(Nc3nc(Cl)ncc3Cl)c2C1=O. The lowest BCUT2D eigenvalue weighted by molar-refractivity contribution is 0.0817. The number of rotatable bonds is 3. The number of aromatic nitrogens is 2. The zero-order chi connectivity index (χ0) is 19.1. The van der Waals surface area contributed by atoms with E-state index >= 15 is 0 Å². The topological polar surface area (TPSA) is 81.6 Å². The van der Waals surface area contributed by atoms with Crippen molar-refractivity contribution in [3.8, 4) is 0 Å². The summed E-state index contributed by atoms with van der Waals surface area (Å²) in [6, 6.07) is 3.87. The average molecular weight is 408 g/mol. The highest BCUT2D eigenvalue weighted by Gasteiger charge is 2.32. The standard InChI is InChI=1S/C18H19Cl2N5O2/c1-24-9-11-14(25-6-4-10(26)5-7-25)3-2-13(15(11)17(24)27)22-16-12(19)8-21-18(20)23-16/h2-3,8,10,26H,4-7,9H2,1H3,(H,21,22,23). The second-order valence-electron chi connectivity index (χ2n) is 6.83. The molecule has 0 aliphatic carbocycles. The third-order valence-corrected chi connectivity index (χ3v) is 5.48. The number of carbonyl (C=O) groups is 1. The van der Waals surface area contributed by atoms with Crippen LogP contribution in [0.5, 0.6) is 0 Å². The smallest absolute Gasteiger partial charge is 0.256 e. The molecular weight excluding hydrogens is 389 g/mol.